The normalized spacial score (nSPS) is 12.6. The number of hydrogen-bond acceptors (Lipinski definition) is 3. The molecule has 0 spiro atoms. The maximum absolute atomic E-state index is 12.6. The van der Waals surface area contributed by atoms with E-state index in [0.717, 1.165) is 12.1 Å². The van der Waals surface area contributed by atoms with Gasteiger partial charge >= 0.3 is 0 Å². The molecule has 0 heterocycles. The first-order chi connectivity index (χ1) is 6.63. The summed E-state index contributed by atoms with van der Waals surface area (Å²) in [4.78, 5) is 0. The smallest absolute Gasteiger partial charge is 0.162 e. The second-order valence-corrected chi connectivity index (χ2v) is 2.78. The number of aliphatic hydroxyl groups is 1. The summed E-state index contributed by atoms with van der Waals surface area (Å²) in [6.45, 7) is 0.0191. The quantitative estimate of drug-likeness (QED) is 0.756. The van der Waals surface area contributed by atoms with Gasteiger partial charge in [0.25, 0.3) is 0 Å². The first kappa shape index (κ1) is 10.9. The van der Waals surface area contributed by atoms with Crippen molar-refractivity contribution in [3.8, 4) is 5.75 Å². The van der Waals surface area contributed by atoms with Crippen LogP contribution in [-0.4, -0.2) is 24.4 Å². The monoisotopic (exact) mass is 203 g/mol. The molecule has 14 heavy (non-hydrogen) atoms. The predicted molar refractivity (Wildman–Crippen MR) is 46.9 cm³/mol. The van der Waals surface area contributed by atoms with Crippen molar-refractivity contribution in [2.24, 2.45) is 5.73 Å². The van der Waals surface area contributed by atoms with E-state index < -0.39 is 17.7 Å². The number of nitrogens with two attached hydrogens (primary N) is 1. The molecule has 0 aliphatic carbocycles. The molecule has 3 N–H and O–H groups in total. The maximum Gasteiger partial charge on any atom is 0.162 e. The van der Waals surface area contributed by atoms with Crippen LogP contribution in [0.1, 0.15) is 0 Å². The van der Waals surface area contributed by atoms with Crippen molar-refractivity contribution in [2.45, 2.75) is 6.10 Å². The Morgan fingerprint density at radius 3 is 2.64 bits per heavy atom. The van der Waals surface area contributed by atoms with Crippen LogP contribution in [0, 0.1) is 11.6 Å². The van der Waals surface area contributed by atoms with E-state index in [0.29, 0.717) is 0 Å². The van der Waals surface area contributed by atoms with Crippen molar-refractivity contribution in [2.75, 3.05) is 13.2 Å². The molecule has 0 saturated heterocycles. The van der Waals surface area contributed by atoms with Gasteiger partial charge in [0, 0.05) is 12.6 Å². The van der Waals surface area contributed by atoms with Crippen LogP contribution >= 0.6 is 0 Å². The highest BCUT2D eigenvalue weighted by molar-refractivity contribution is 5.23. The number of hydrogen-bond donors (Lipinski definition) is 2. The Bertz CT molecular complexity index is 307. The second-order valence-electron chi connectivity index (χ2n) is 2.78. The molecule has 0 aromatic heterocycles. The molecule has 0 bridgehead atoms. The molecule has 0 aliphatic rings. The molecule has 1 aromatic carbocycles. The summed E-state index contributed by atoms with van der Waals surface area (Å²) in [5.41, 5.74) is 5.13. The molecule has 3 nitrogen and oxygen atoms in total. The summed E-state index contributed by atoms with van der Waals surface area (Å²) in [6.07, 6.45) is -0.803. The standard InChI is InChI=1S/C9H11F2NO2/c10-8-2-1-7(3-9(8)11)14-5-6(13)4-12/h1-3,6,13H,4-5,12H2. The fourth-order valence-electron chi connectivity index (χ4n) is 0.827. The molecule has 0 fully saturated rings. The van der Waals surface area contributed by atoms with Crippen LogP contribution in [0.3, 0.4) is 0 Å². The summed E-state index contributed by atoms with van der Waals surface area (Å²) in [7, 11) is 0. The van der Waals surface area contributed by atoms with Crippen LogP contribution < -0.4 is 10.5 Å². The van der Waals surface area contributed by atoms with Crippen LogP contribution in [0.25, 0.3) is 0 Å². The molecule has 1 unspecified atom stereocenters. The van der Waals surface area contributed by atoms with Gasteiger partial charge in [0.15, 0.2) is 11.6 Å². The van der Waals surface area contributed by atoms with Gasteiger partial charge in [-0.1, -0.05) is 0 Å². The first-order valence-corrected chi connectivity index (χ1v) is 4.09. The van der Waals surface area contributed by atoms with Crippen LogP contribution in [0.2, 0.25) is 0 Å². The van der Waals surface area contributed by atoms with E-state index in [1.165, 1.54) is 6.07 Å². The highest BCUT2D eigenvalue weighted by Gasteiger charge is 2.05. The number of rotatable bonds is 4. The third kappa shape index (κ3) is 2.93. The van der Waals surface area contributed by atoms with Crippen LogP contribution in [0.4, 0.5) is 8.78 Å². The SMILES string of the molecule is NCC(O)COc1ccc(F)c(F)c1. The lowest BCUT2D eigenvalue weighted by Crippen LogP contribution is -2.26. The van der Waals surface area contributed by atoms with Gasteiger partial charge < -0.3 is 15.6 Å². The molecule has 78 valence electrons. The molecule has 0 radical (unpaired) electrons. The van der Waals surface area contributed by atoms with Gasteiger partial charge in [-0.2, -0.15) is 0 Å². The summed E-state index contributed by atoms with van der Waals surface area (Å²) in [5.74, 6) is -1.75. The van der Waals surface area contributed by atoms with Crippen LogP contribution in [0.5, 0.6) is 5.75 Å². The third-order valence-electron chi connectivity index (χ3n) is 1.61. The van der Waals surface area contributed by atoms with Gasteiger partial charge in [0.2, 0.25) is 0 Å². The van der Waals surface area contributed by atoms with Crippen molar-refractivity contribution < 1.29 is 18.6 Å². The molecule has 0 saturated carbocycles. The minimum absolute atomic E-state index is 0.0401. The zero-order valence-corrected chi connectivity index (χ0v) is 7.41. The van der Waals surface area contributed by atoms with E-state index in [1.54, 1.807) is 0 Å². The predicted octanol–water partition coefficient (Wildman–Crippen LogP) is 0.663. The lowest BCUT2D eigenvalue weighted by atomic mass is 10.3. The summed E-state index contributed by atoms with van der Waals surface area (Å²) in [5, 5.41) is 9.03. The van der Waals surface area contributed by atoms with Gasteiger partial charge in [-0.25, -0.2) is 8.78 Å². The maximum atomic E-state index is 12.6. The molecule has 1 rings (SSSR count). The average molecular weight is 203 g/mol. The first-order valence-electron chi connectivity index (χ1n) is 4.09. The lowest BCUT2D eigenvalue weighted by Gasteiger charge is -2.09. The number of ether oxygens (including phenoxy) is 1. The van der Waals surface area contributed by atoms with E-state index in [-0.39, 0.29) is 18.9 Å². The van der Waals surface area contributed by atoms with Gasteiger partial charge in [0.05, 0.1) is 0 Å². The van der Waals surface area contributed by atoms with Crippen molar-refractivity contribution in [3.63, 3.8) is 0 Å². The van der Waals surface area contributed by atoms with Crippen molar-refractivity contribution in [1.82, 2.24) is 0 Å². The fourth-order valence-corrected chi connectivity index (χ4v) is 0.827. The molecule has 0 amide bonds. The molecule has 1 atom stereocenters. The Hall–Kier alpha value is -1.20. The molecule has 0 aliphatic heterocycles. The van der Waals surface area contributed by atoms with Gasteiger partial charge in [-0.15, -0.1) is 0 Å². The van der Waals surface area contributed by atoms with Gasteiger partial charge in [-0.05, 0) is 12.1 Å². The van der Waals surface area contributed by atoms with Crippen molar-refractivity contribution in [1.29, 1.82) is 0 Å². The Morgan fingerprint density at radius 1 is 1.36 bits per heavy atom. The van der Waals surface area contributed by atoms with Crippen molar-refractivity contribution in [3.05, 3.63) is 29.8 Å². The highest BCUT2D eigenvalue weighted by Crippen LogP contribution is 2.15. The molecule has 1 aromatic rings. The average Bonchev–Trinajstić information content (AvgIpc) is 2.19. The number of aliphatic hydroxyl groups excluding tert-OH is 1. The Kier molecular flexibility index (Phi) is 3.79. The zero-order valence-electron chi connectivity index (χ0n) is 7.41. The second kappa shape index (κ2) is 4.88. The Morgan fingerprint density at radius 2 is 2.07 bits per heavy atom. The van der Waals surface area contributed by atoms with E-state index in [9.17, 15) is 8.78 Å². The fraction of sp³-hybridized carbons (Fsp3) is 0.333. The van der Waals surface area contributed by atoms with E-state index in [4.69, 9.17) is 15.6 Å². The lowest BCUT2D eigenvalue weighted by molar-refractivity contribution is 0.114. The van der Waals surface area contributed by atoms with E-state index in [2.05, 4.69) is 0 Å². The largest absolute Gasteiger partial charge is 0.491 e. The van der Waals surface area contributed by atoms with Crippen LogP contribution in [-0.2, 0) is 0 Å². The summed E-state index contributed by atoms with van der Waals surface area (Å²) in [6, 6.07) is 3.15. The van der Waals surface area contributed by atoms with E-state index in [1.807, 2.05) is 0 Å². The highest BCUT2D eigenvalue weighted by atomic mass is 19.2. The Balaban J connectivity index is 2.55. The number of benzene rings is 1. The number of halogens is 2. The third-order valence-corrected chi connectivity index (χ3v) is 1.61. The van der Waals surface area contributed by atoms with Gasteiger partial charge in [0.1, 0.15) is 18.5 Å². The molecule has 5 heteroatoms. The molecular formula is C9H11F2NO2. The Labute approximate surface area is 80.1 Å². The van der Waals surface area contributed by atoms with E-state index >= 15 is 0 Å². The summed E-state index contributed by atoms with van der Waals surface area (Å²) >= 11 is 0. The minimum Gasteiger partial charge on any atom is -0.491 e. The van der Waals surface area contributed by atoms with Gasteiger partial charge in [-0.3, -0.25) is 0 Å². The minimum atomic E-state index is -0.982. The topological polar surface area (TPSA) is 55.5 Å². The zero-order chi connectivity index (χ0) is 10.6. The summed E-state index contributed by atoms with van der Waals surface area (Å²) < 4.78 is 30.1. The van der Waals surface area contributed by atoms with Crippen LogP contribution in [0.15, 0.2) is 18.2 Å². The molecular weight excluding hydrogens is 192 g/mol. The van der Waals surface area contributed by atoms with Crippen molar-refractivity contribution >= 4 is 0 Å².